The maximum absolute atomic E-state index is 12.0. The van der Waals surface area contributed by atoms with Crippen molar-refractivity contribution in [3.8, 4) is 0 Å². The molecule has 0 atom stereocenters. The first-order valence-electron chi connectivity index (χ1n) is 6.94. The van der Waals surface area contributed by atoms with E-state index in [1.807, 2.05) is 42.5 Å². The summed E-state index contributed by atoms with van der Waals surface area (Å²) in [7, 11) is 0. The van der Waals surface area contributed by atoms with Crippen LogP contribution in [0.25, 0.3) is 10.8 Å². The fourth-order valence-electron chi connectivity index (χ4n) is 2.12. The van der Waals surface area contributed by atoms with Crippen molar-refractivity contribution in [1.82, 2.24) is 5.32 Å². The second kappa shape index (κ2) is 7.28. The van der Waals surface area contributed by atoms with Crippen LogP contribution >= 0.6 is 0 Å². The number of nitrogens with one attached hydrogen (secondary N) is 1. The maximum Gasteiger partial charge on any atom is 0.251 e. The zero-order valence-electron chi connectivity index (χ0n) is 11.7. The summed E-state index contributed by atoms with van der Waals surface area (Å²) in [5.74, 6) is 0.139. The van der Waals surface area contributed by atoms with Crippen LogP contribution in [0.15, 0.2) is 47.6 Å². The van der Waals surface area contributed by atoms with Crippen LogP contribution in [0.5, 0.6) is 0 Å². The van der Waals surface area contributed by atoms with Crippen LogP contribution in [-0.2, 0) is 0 Å². The van der Waals surface area contributed by atoms with Crippen molar-refractivity contribution in [2.24, 2.45) is 10.9 Å². The Kier molecular flexibility index (Phi) is 5.15. The summed E-state index contributed by atoms with van der Waals surface area (Å²) in [5, 5.41) is 16.4. The molecule has 0 spiro atoms. The van der Waals surface area contributed by atoms with E-state index >= 15 is 0 Å². The van der Waals surface area contributed by atoms with Gasteiger partial charge < -0.3 is 16.3 Å². The third-order valence-electron chi connectivity index (χ3n) is 3.29. The van der Waals surface area contributed by atoms with E-state index in [-0.39, 0.29) is 11.7 Å². The van der Waals surface area contributed by atoms with E-state index in [0.29, 0.717) is 18.5 Å². The summed E-state index contributed by atoms with van der Waals surface area (Å²) < 4.78 is 0. The lowest BCUT2D eigenvalue weighted by molar-refractivity contribution is 0.0953. The molecule has 21 heavy (non-hydrogen) atoms. The zero-order valence-corrected chi connectivity index (χ0v) is 11.7. The number of amidine groups is 1. The van der Waals surface area contributed by atoms with Gasteiger partial charge in [0.05, 0.1) is 0 Å². The molecule has 0 fully saturated rings. The molecule has 0 radical (unpaired) electrons. The smallest absolute Gasteiger partial charge is 0.251 e. The number of rotatable bonds is 6. The number of amides is 1. The lowest BCUT2D eigenvalue weighted by Gasteiger charge is -2.06. The molecule has 4 N–H and O–H groups in total. The highest BCUT2D eigenvalue weighted by Gasteiger charge is 2.05. The van der Waals surface area contributed by atoms with Gasteiger partial charge in [0, 0.05) is 18.5 Å². The Bertz CT molecular complexity index is 653. The molecule has 0 unspecified atom stereocenters. The average Bonchev–Trinajstić information content (AvgIpc) is 2.53. The Morgan fingerprint density at radius 3 is 2.67 bits per heavy atom. The number of nitrogens with zero attached hydrogens (tertiary/aromatic N) is 1. The molecule has 1 amide bonds. The van der Waals surface area contributed by atoms with E-state index in [0.717, 1.165) is 23.6 Å². The first-order chi connectivity index (χ1) is 10.2. The molecule has 5 nitrogen and oxygen atoms in total. The number of benzene rings is 2. The molecule has 2 aromatic rings. The predicted octanol–water partition coefficient (Wildman–Crippen LogP) is 2.49. The summed E-state index contributed by atoms with van der Waals surface area (Å²) >= 11 is 0. The molecule has 2 aromatic carbocycles. The number of fused-ring (bicyclic) bond motifs is 1. The predicted molar refractivity (Wildman–Crippen MR) is 83.5 cm³/mol. The van der Waals surface area contributed by atoms with Crippen molar-refractivity contribution < 1.29 is 10.0 Å². The highest BCUT2D eigenvalue weighted by atomic mass is 16.4. The first-order valence-corrected chi connectivity index (χ1v) is 6.94. The van der Waals surface area contributed by atoms with Gasteiger partial charge in [-0.1, -0.05) is 35.5 Å². The molecule has 0 aliphatic heterocycles. The maximum atomic E-state index is 12.0. The Labute approximate surface area is 123 Å². The summed E-state index contributed by atoms with van der Waals surface area (Å²) in [6.45, 7) is 0.574. The van der Waals surface area contributed by atoms with Crippen molar-refractivity contribution in [2.45, 2.75) is 19.3 Å². The van der Waals surface area contributed by atoms with Gasteiger partial charge in [-0.15, -0.1) is 0 Å². The van der Waals surface area contributed by atoms with Gasteiger partial charge in [-0.25, -0.2) is 0 Å². The van der Waals surface area contributed by atoms with Crippen molar-refractivity contribution >= 4 is 22.5 Å². The topological polar surface area (TPSA) is 87.7 Å². The summed E-state index contributed by atoms with van der Waals surface area (Å²) in [4.78, 5) is 12.0. The summed E-state index contributed by atoms with van der Waals surface area (Å²) in [6.07, 6.45) is 2.09. The minimum Gasteiger partial charge on any atom is -0.409 e. The van der Waals surface area contributed by atoms with Crippen LogP contribution in [0.3, 0.4) is 0 Å². The molecule has 5 heteroatoms. The number of nitrogens with two attached hydrogens (primary N) is 1. The van der Waals surface area contributed by atoms with Gasteiger partial charge in [0.1, 0.15) is 5.84 Å². The second-order valence-corrected chi connectivity index (χ2v) is 4.87. The zero-order chi connectivity index (χ0) is 15.1. The Balaban J connectivity index is 1.84. The van der Waals surface area contributed by atoms with E-state index < -0.39 is 0 Å². The minimum atomic E-state index is -0.0791. The monoisotopic (exact) mass is 285 g/mol. The standard InChI is InChI=1S/C16H19N3O2/c17-15(19-21)7-3-4-10-18-16(20)14-9-8-12-5-1-2-6-13(12)11-14/h1-2,5-6,8-9,11,21H,3-4,7,10H2,(H2,17,19)(H,18,20). The van der Waals surface area contributed by atoms with E-state index in [1.54, 1.807) is 0 Å². The third kappa shape index (κ3) is 4.21. The molecule has 0 heterocycles. The number of carbonyl (C=O) groups is 1. The van der Waals surface area contributed by atoms with Gasteiger partial charge in [-0.3, -0.25) is 4.79 Å². The molecular weight excluding hydrogens is 266 g/mol. The number of hydrogen-bond acceptors (Lipinski definition) is 3. The molecule has 0 aromatic heterocycles. The Hall–Kier alpha value is -2.56. The SMILES string of the molecule is NC(CCCCNC(=O)c1ccc2ccccc2c1)=NO. The fourth-order valence-corrected chi connectivity index (χ4v) is 2.12. The van der Waals surface area contributed by atoms with Gasteiger partial charge in [-0.2, -0.15) is 0 Å². The number of oxime groups is 1. The molecule has 0 bridgehead atoms. The minimum absolute atomic E-state index is 0.0791. The molecule has 110 valence electrons. The van der Waals surface area contributed by atoms with Crippen LogP contribution in [-0.4, -0.2) is 23.5 Å². The number of carbonyl (C=O) groups excluding carboxylic acids is 1. The number of unbranched alkanes of at least 4 members (excludes halogenated alkanes) is 1. The van der Waals surface area contributed by atoms with Crippen LogP contribution in [0, 0.1) is 0 Å². The molecule has 0 saturated carbocycles. The van der Waals surface area contributed by atoms with E-state index in [2.05, 4.69) is 10.5 Å². The molecule has 2 rings (SSSR count). The van der Waals surface area contributed by atoms with E-state index in [1.165, 1.54) is 0 Å². The van der Waals surface area contributed by atoms with Crippen molar-refractivity contribution in [1.29, 1.82) is 0 Å². The molecular formula is C16H19N3O2. The van der Waals surface area contributed by atoms with E-state index in [9.17, 15) is 4.79 Å². The highest BCUT2D eigenvalue weighted by Crippen LogP contribution is 2.15. The average molecular weight is 285 g/mol. The van der Waals surface area contributed by atoms with Crippen molar-refractivity contribution in [2.75, 3.05) is 6.54 Å². The first kappa shape index (κ1) is 14.8. The van der Waals surface area contributed by atoms with Crippen LogP contribution in [0.4, 0.5) is 0 Å². The van der Waals surface area contributed by atoms with Gasteiger partial charge in [0.15, 0.2) is 0 Å². The molecule has 0 aliphatic carbocycles. The summed E-state index contributed by atoms with van der Waals surface area (Å²) in [5.41, 5.74) is 6.03. The second-order valence-electron chi connectivity index (χ2n) is 4.87. The van der Waals surface area contributed by atoms with Gasteiger partial charge in [0.25, 0.3) is 5.91 Å². The van der Waals surface area contributed by atoms with Crippen molar-refractivity contribution in [3.05, 3.63) is 48.0 Å². The molecule has 0 saturated heterocycles. The fraction of sp³-hybridized carbons (Fsp3) is 0.250. The number of hydrogen-bond donors (Lipinski definition) is 3. The van der Waals surface area contributed by atoms with E-state index in [4.69, 9.17) is 10.9 Å². The highest BCUT2D eigenvalue weighted by molar-refractivity contribution is 5.98. The van der Waals surface area contributed by atoms with Gasteiger partial charge in [0.2, 0.25) is 0 Å². The molecule has 0 aliphatic rings. The van der Waals surface area contributed by atoms with Crippen LogP contribution in [0.1, 0.15) is 29.6 Å². The van der Waals surface area contributed by atoms with Gasteiger partial charge >= 0.3 is 0 Å². The Morgan fingerprint density at radius 1 is 1.14 bits per heavy atom. The van der Waals surface area contributed by atoms with Gasteiger partial charge in [-0.05, 0) is 35.7 Å². The van der Waals surface area contributed by atoms with Crippen LogP contribution in [0.2, 0.25) is 0 Å². The van der Waals surface area contributed by atoms with Crippen LogP contribution < -0.4 is 11.1 Å². The quantitative estimate of drug-likeness (QED) is 0.250. The normalized spacial score (nSPS) is 11.5. The Morgan fingerprint density at radius 2 is 1.90 bits per heavy atom. The summed E-state index contributed by atoms with van der Waals surface area (Å²) in [6, 6.07) is 13.6. The third-order valence-corrected chi connectivity index (χ3v) is 3.29. The largest absolute Gasteiger partial charge is 0.409 e. The lowest BCUT2D eigenvalue weighted by Crippen LogP contribution is -2.24. The van der Waals surface area contributed by atoms with Crippen molar-refractivity contribution in [3.63, 3.8) is 0 Å². The lowest BCUT2D eigenvalue weighted by atomic mass is 10.1.